The molecule has 2 N–H and O–H groups in total. The van der Waals surface area contributed by atoms with Gasteiger partial charge >= 0.3 is 5.97 Å². The normalized spacial score (nSPS) is 9.00. The summed E-state index contributed by atoms with van der Waals surface area (Å²) in [5.74, 6) is -0.907. The monoisotopic (exact) mass is 213 g/mol. The average molecular weight is 213 g/mol. The molecule has 0 bridgehead atoms. The van der Waals surface area contributed by atoms with E-state index in [-0.39, 0.29) is 17.6 Å². The highest BCUT2D eigenvalue weighted by atomic mass is 16.4. The second-order valence-corrected chi connectivity index (χ2v) is 2.97. The lowest BCUT2D eigenvalue weighted by atomic mass is 10.3. The van der Waals surface area contributed by atoms with Gasteiger partial charge in [-0.2, -0.15) is 0 Å². The first-order valence-corrected chi connectivity index (χ1v) is 4.47. The highest BCUT2D eigenvalue weighted by Crippen LogP contribution is 2.06. The molecule has 0 amide bonds. The molecule has 0 unspecified atom stereocenters. The van der Waals surface area contributed by atoms with Crippen molar-refractivity contribution in [3.63, 3.8) is 0 Å². The number of carboxylic acids is 1. The Morgan fingerprint density at radius 3 is 2.33 bits per heavy atom. The summed E-state index contributed by atoms with van der Waals surface area (Å²) in [5, 5.41) is 16.8. The third kappa shape index (κ3) is 4.30. The summed E-state index contributed by atoms with van der Waals surface area (Å²) in [6.07, 6.45) is 1.84. The summed E-state index contributed by atoms with van der Waals surface area (Å²) >= 11 is 0. The second-order valence-electron chi connectivity index (χ2n) is 2.97. The predicted octanol–water partition coefficient (Wildman–Crippen LogP) is 0.880. The molecule has 0 aliphatic carbocycles. The van der Waals surface area contributed by atoms with Crippen LogP contribution in [0.4, 0.5) is 0 Å². The molecule has 0 aromatic carbocycles. The fourth-order valence-electron chi connectivity index (χ4n) is 0.716. The molecule has 0 saturated carbocycles. The number of aryl methyl sites for hydroxylation is 1. The van der Waals surface area contributed by atoms with Gasteiger partial charge in [-0.15, -0.1) is 0 Å². The summed E-state index contributed by atoms with van der Waals surface area (Å²) in [6, 6.07) is 1.34. The number of rotatable bonds is 1. The Hall–Kier alpha value is -1.78. The number of hydrogen-bond acceptors (Lipinski definition) is 3. The topological polar surface area (TPSA) is 79.5 Å². The number of aromatic nitrogens is 1. The Morgan fingerprint density at radius 2 is 2.00 bits per heavy atom. The highest BCUT2D eigenvalue weighted by molar-refractivity contribution is 5.66. The van der Waals surface area contributed by atoms with Gasteiger partial charge in [-0.05, 0) is 6.92 Å². The zero-order valence-electron chi connectivity index (χ0n) is 9.02. The van der Waals surface area contributed by atoms with Crippen molar-refractivity contribution in [3.8, 4) is 5.75 Å². The van der Waals surface area contributed by atoms with Crippen LogP contribution in [0, 0.1) is 6.92 Å². The highest BCUT2D eigenvalue weighted by Gasteiger charge is 2.00. The van der Waals surface area contributed by atoms with Gasteiger partial charge in [0.25, 0.3) is 0 Å². The molecule has 0 saturated heterocycles. The Kier molecular flexibility index (Phi) is 5.15. The average Bonchev–Trinajstić information content (AvgIpc) is 2.21. The van der Waals surface area contributed by atoms with Crippen molar-refractivity contribution in [2.24, 2.45) is 7.05 Å². The van der Waals surface area contributed by atoms with Gasteiger partial charge in [-0.3, -0.25) is 9.59 Å². The Bertz CT molecular complexity index is 395. The molecule has 0 radical (unpaired) electrons. The number of carboxylic acid groups (broad SMARTS) is 1. The molecule has 0 aliphatic heterocycles. The third-order valence-corrected chi connectivity index (χ3v) is 1.86. The lowest BCUT2D eigenvalue weighted by molar-refractivity contribution is -0.136. The van der Waals surface area contributed by atoms with Crippen molar-refractivity contribution in [1.82, 2.24) is 4.57 Å². The van der Waals surface area contributed by atoms with E-state index >= 15 is 0 Å². The molecule has 5 heteroatoms. The summed E-state index contributed by atoms with van der Waals surface area (Å²) in [5.41, 5.74) is 0.267. The van der Waals surface area contributed by atoms with Gasteiger partial charge in [0.1, 0.15) is 0 Å². The maximum absolute atomic E-state index is 10.7. The number of carbonyl (C=O) groups is 1. The van der Waals surface area contributed by atoms with Crippen LogP contribution >= 0.6 is 0 Å². The number of hydrogen-bond donors (Lipinski definition) is 2. The molecule has 1 aromatic rings. The summed E-state index contributed by atoms with van der Waals surface area (Å²) in [4.78, 5) is 20.1. The third-order valence-electron chi connectivity index (χ3n) is 1.86. The maximum atomic E-state index is 10.7. The van der Waals surface area contributed by atoms with Gasteiger partial charge in [0.2, 0.25) is 5.43 Å². The standard InChI is InChI=1S/C7H9NO2.C3H6O2/c1-5-7(10)6(9)3-4-8(5)2;1-2-3(4)5/h3-4,10H,1-2H3;2H2,1H3,(H,4,5). The molecule has 0 spiro atoms. The van der Waals surface area contributed by atoms with Crippen molar-refractivity contribution in [1.29, 1.82) is 0 Å². The SMILES string of the molecule is CCC(=O)O.Cc1c(O)c(=O)ccn1C. The largest absolute Gasteiger partial charge is 0.503 e. The molecule has 5 nitrogen and oxygen atoms in total. The van der Waals surface area contributed by atoms with Crippen LogP contribution in [0.5, 0.6) is 5.75 Å². The molecule has 0 fully saturated rings. The van der Waals surface area contributed by atoms with Crippen LogP contribution in [0.1, 0.15) is 19.0 Å². The van der Waals surface area contributed by atoms with Crippen LogP contribution in [0.15, 0.2) is 17.1 Å². The van der Waals surface area contributed by atoms with E-state index in [4.69, 9.17) is 10.2 Å². The van der Waals surface area contributed by atoms with Crippen LogP contribution in [0.25, 0.3) is 0 Å². The lowest BCUT2D eigenvalue weighted by Gasteiger charge is -2.02. The van der Waals surface area contributed by atoms with Crippen LogP contribution < -0.4 is 5.43 Å². The number of nitrogens with zero attached hydrogens (tertiary/aromatic N) is 1. The molecule has 15 heavy (non-hydrogen) atoms. The van der Waals surface area contributed by atoms with Crippen LogP contribution in [-0.4, -0.2) is 20.7 Å². The summed E-state index contributed by atoms with van der Waals surface area (Å²) in [7, 11) is 1.77. The van der Waals surface area contributed by atoms with Gasteiger partial charge in [0.15, 0.2) is 5.75 Å². The quantitative estimate of drug-likeness (QED) is 0.725. The first-order valence-electron chi connectivity index (χ1n) is 4.47. The molecule has 0 atom stereocenters. The van der Waals surface area contributed by atoms with Crippen LogP contribution in [0.2, 0.25) is 0 Å². The zero-order valence-corrected chi connectivity index (χ0v) is 9.02. The number of aromatic hydroxyl groups is 1. The van der Waals surface area contributed by atoms with Gasteiger partial charge in [-0.25, -0.2) is 0 Å². The van der Waals surface area contributed by atoms with E-state index in [0.717, 1.165) is 0 Å². The van der Waals surface area contributed by atoms with E-state index in [0.29, 0.717) is 5.69 Å². The minimum Gasteiger partial charge on any atom is -0.503 e. The van der Waals surface area contributed by atoms with E-state index in [9.17, 15) is 9.59 Å². The van der Waals surface area contributed by atoms with Crippen LogP contribution in [0.3, 0.4) is 0 Å². The number of pyridine rings is 1. The summed E-state index contributed by atoms with van der Waals surface area (Å²) < 4.78 is 1.69. The van der Waals surface area contributed by atoms with Gasteiger partial charge in [0, 0.05) is 25.7 Å². The molecular weight excluding hydrogens is 198 g/mol. The first-order chi connectivity index (χ1) is 6.90. The van der Waals surface area contributed by atoms with E-state index in [1.807, 2.05) is 0 Å². The molecule has 0 aliphatic rings. The molecule has 84 valence electrons. The van der Waals surface area contributed by atoms with Crippen molar-refractivity contribution < 1.29 is 15.0 Å². The van der Waals surface area contributed by atoms with Crippen molar-refractivity contribution in [3.05, 3.63) is 28.2 Å². The van der Waals surface area contributed by atoms with E-state index in [1.165, 1.54) is 6.07 Å². The number of aliphatic carboxylic acids is 1. The molecule has 1 aromatic heterocycles. The molecular formula is C10H15NO4. The molecule has 1 rings (SSSR count). The molecule has 1 heterocycles. The van der Waals surface area contributed by atoms with Crippen molar-refractivity contribution in [2.75, 3.05) is 0 Å². The fraction of sp³-hybridized carbons (Fsp3) is 0.400. The minimum atomic E-state index is -0.745. The van der Waals surface area contributed by atoms with E-state index in [1.54, 1.807) is 31.7 Å². The smallest absolute Gasteiger partial charge is 0.303 e. The Balaban J connectivity index is 0.000000336. The van der Waals surface area contributed by atoms with E-state index in [2.05, 4.69) is 0 Å². The second kappa shape index (κ2) is 5.85. The fourth-order valence-corrected chi connectivity index (χ4v) is 0.716. The van der Waals surface area contributed by atoms with Gasteiger partial charge in [0.05, 0.1) is 5.69 Å². The first kappa shape index (κ1) is 13.2. The predicted molar refractivity (Wildman–Crippen MR) is 56.0 cm³/mol. The van der Waals surface area contributed by atoms with Crippen LogP contribution in [-0.2, 0) is 11.8 Å². The maximum Gasteiger partial charge on any atom is 0.303 e. The van der Waals surface area contributed by atoms with Gasteiger partial charge < -0.3 is 14.8 Å². The summed E-state index contributed by atoms with van der Waals surface area (Å²) in [6.45, 7) is 3.29. The lowest BCUT2D eigenvalue weighted by Crippen LogP contribution is -2.06. The van der Waals surface area contributed by atoms with Gasteiger partial charge in [-0.1, -0.05) is 6.92 Å². The van der Waals surface area contributed by atoms with Crippen molar-refractivity contribution >= 4 is 5.97 Å². The zero-order chi connectivity index (χ0) is 12.0. The Morgan fingerprint density at radius 1 is 1.53 bits per heavy atom. The minimum absolute atomic E-state index is 0.162. The van der Waals surface area contributed by atoms with E-state index < -0.39 is 5.97 Å². The van der Waals surface area contributed by atoms with Crippen molar-refractivity contribution in [2.45, 2.75) is 20.3 Å². The Labute approximate surface area is 87.6 Å².